The molecule has 0 radical (unpaired) electrons. The number of imidazole rings is 1. The number of benzene rings is 2. The summed E-state index contributed by atoms with van der Waals surface area (Å²) in [6.07, 6.45) is 0. The van der Waals surface area contributed by atoms with Gasteiger partial charge in [0.1, 0.15) is 10.6 Å². The van der Waals surface area contributed by atoms with Gasteiger partial charge in [-0.05, 0) is 42.1 Å². The number of aromatic amines is 2. The number of pyridine rings is 1. The third-order valence-electron chi connectivity index (χ3n) is 3.47. The van der Waals surface area contributed by atoms with Gasteiger partial charge >= 0.3 is 0 Å². The molecule has 0 bridgehead atoms. The van der Waals surface area contributed by atoms with Crippen LogP contribution in [0.25, 0.3) is 21.9 Å². The van der Waals surface area contributed by atoms with Crippen LogP contribution in [0.4, 0.5) is 0 Å². The summed E-state index contributed by atoms with van der Waals surface area (Å²) in [5.41, 5.74) is 1.79. The van der Waals surface area contributed by atoms with Gasteiger partial charge in [0, 0.05) is 10.4 Å². The first kappa shape index (κ1) is 14.2. The molecule has 5 nitrogen and oxygen atoms in total. The number of para-hydroxylation sites is 2. The van der Waals surface area contributed by atoms with Crippen LogP contribution in [0.5, 0.6) is 5.75 Å². The van der Waals surface area contributed by atoms with E-state index in [-0.39, 0.29) is 16.2 Å². The van der Waals surface area contributed by atoms with Crippen molar-refractivity contribution in [3.8, 4) is 5.75 Å². The van der Waals surface area contributed by atoms with Gasteiger partial charge < -0.3 is 15.1 Å². The van der Waals surface area contributed by atoms with Gasteiger partial charge in [-0.2, -0.15) is 0 Å². The minimum Gasteiger partial charge on any atom is -0.506 e. The predicted octanol–water partition coefficient (Wildman–Crippen LogP) is 3.91. The molecule has 4 rings (SSSR count). The molecular formula is C16H10ClN3O2S. The van der Waals surface area contributed by atoms with Crippen LogP contribution in [0.1, 0.15) is 0 Å². The Balaban J connectivity index is 1.85. The first-order valence-electron chi connectivity index (χ1n) is 6.79. The Morgan fingerprint density at radius 2 is 1.91 bits per heavy atom. The van der Waals surface area contributed by atoms with E-state index in [2.05, 4.69) is 15.0 Å². The van der Waals surface area contributed by atoms with Crippen molar-refractivity contribution in [2.75, 3.05) is 0 Å². The van der Waals surface area contributed by atoms with E-state index in [1.807, 2.05) is 24.3 Å². The van der Waals surface area contributed by atoms with Gasteiger partial charge in [-0.15, -0.1) is 0 Å². The fraction of sp³-hybridized carbons (Fsp3) is 0. The monoisotopic (exact) mass is 343 g/mol. The molecule has 2 aromatic carbocycles. The minimum atomic E-state index is -0.386. The molecule has 2 aromatic heterocycles. The maximum atomic E-state index is 12.3. The molecule has 4 aromatic rings. The maximum Gasteiger partial charge on any atom is 0.266 e. The van der Waals surface area contributed by atoms with Gasteiger partial charge in [-0.25, -0.2) is 4.98 Å². The zero-order valence-corrected chi connectivity index (χ0v) is 13.2. The lowest BCUT2D eigenvalue weighted by atomic mass is 10.2. The summed E-state index contributed by atoms with van der Waals surface area (Å²) in [5, 5.41) is 12.0. The third kappa shape index (κ3) is 2.46. The van der Waals surface area contributed by atoms with Crippen LogP contribution in [-0.4, -0.2) is 20.1 Å². The fourth-order valence-corrected chi connectivity index (χ4v) is 3.43. The maximum absolute atomic E-state index is 12.3. The predicted molar refractivity (Wildman–Crippen MR) is 91.5 cm³/mol. The molecule has 7 heteroatoms. The molecule has 0 saturated heterocycles. The number of hydrogen-bond donors (Lipinski definition) is 3. The summed E-state index contributed by atoms with van der Waals surface area (Å²) >= 11 is 7.01. The lowest BCUT2D eigenvalue weighted by Gasteiger charge is -2.06. The number of aromatic hydroxyl groups is 1. The van der Waals surface area contributed by atoms with Crippen molar-refractivity contribution in [3.63, 3.8) is 0 Å². The van der Waals surface area contributed by atoms with Crippen LogP contribution in [0, 0.1) is 0 Å². The van der Waals surface area contributed by atoms with E-state index in [9.17, 15) is 9.90 Å². The molecule has 114 valence electrons. The summed E-state index contributed by atoms with van der Waals surface area (Å²) in [5.74, 6) is -0.0779. The van der Waals surface area contributed by atoms with Crippen molar-refractivity contribution in [1.82, 2.24) is 15.0 Å². The van der Waals surface area contributed by atoms with Gasteiger partial charge in [-0.1, -0.05) is 23.7 Å². The molecule has 2 heterocycles. The number of nitrogens with one attached hydrogen (secondary N) is 2. The first-order chi connectivity index (χ1) is 11.1. The Hall–Kier alpha value is -2.44. The topological polar surface area (TPSA) is 81.8 Å². The SMILES string of the molecule is O=c1[nH]c2cc(Cl)ccc2c(O)c1Sc1nc2ccccc2[nH]1. The average molecular weight is 344 g/mol. The van der Waals surface area contributed by atoms with Crippen molar-refractivity contribution in [1.29, 1.82) is 0 Å². The molecule has 0 spiro atoms. The standard InChI is InChI=1S/C16H10ClN3O2S/c17-8-5-6-9-12(7-8)18-15(22)14(13(9)21)23-16-19-10-3-1-2-4-11(10)20-16/h1-7H,(H,19,20)(H2,18,21,22). The highest BCUT2D eigenvalue weighted by Gasteiger charge is 2.15. The van der Waals surface area contributed by atoms with E-state index in [0.717, 1.165) is 22.8 Å². The summed E-state index contributed by atoms with van der Waals surface area (Å²) in [6, 6.07) is 12.5. The molecule has 0 aliphatic carbocycles. The summed E-state index contributed by atoms with van der Waals surface area (Å²) in [4.78, 5) is 22.7. The normalized spacial score (nSPS) is 11.3. The lowest BCUT2D eigenvalue weighted by molar-refractivity contribution is 0.467. The van der Waals surface area contributed by atoms with Crippen molar-refractivity contribution >= 4 is 45.3 Å². The number of fused-ring (bicyclic) bond motifs is 2. The molecular weight excluding hydrogens is 334 g/mol. The largest absolute Gasteiger partial charge is 0.506 e. The lowest BCUT2D eigenvalue weighted by Crippen LogP contribution is -2.08. The number of halogens is 1. The second kappa shape index (κ2) is 5.33. The van der Waals surface area contributed by atoms with Crippen molar-refractivity contribution < 1.29 is 5.11 Å². The number of aromatic nitrogens is 3. The van der Waals surface area contributed by atoms with E-state index in [1.165, 1.54) is 0 Å². The summed E-state index contributed by atoms with van der Waals surface area (Å²) in [6.45, 7) is 0. The van der Waals surface area contributed by atoms with E-state index in [1.54, 1.807) is 18.2 Å². The Kier molecular flexibility index (Phi) is 3.28. The summed E-state index contributed by atoms with van der Waals surface area (Å²) < 4.78 is 0. The highest BCUT2D eigenvalue weighted by atomic mass is 35.5. The Morgan fingerprint density at radius 1 is 1.09 bits per heavy atom. The Labute approximate surface area is 139 Å². The van der Waals surface area contributed by atoms with Gasteiger partial charge in [-0.3, -0.25) is 4.79 Å². The van der Waals surface area contributed by atoms with Gasteiger partial charge in [0.15, 0.2) is 5.16 Å². The van der Waals surface area contributed by atoms with Gasteiger partial charge in [0.25, 0.3) is 5.56 Å². The van der Waals surface area contributed by atoms with Crippen LogP contribution in [0.15, 0.2) is 57.3 Å². The van der Waals surface area contributed by atoms with Crippen molar-refractivity contribution in [3.05, 3.63) is 57.8 Å². The van der Waals surface area contributed by atoms with Crippen LogP contribution >= 0.6 is 23.4 Å². The molecule has 23 heavy (non-hydrogen) atoms. The fourth-order valence-electron chi connectivity index (χ4n) is 2.40. The van der Waals surface area contributed by atoms with E-state index >= 15 is 0 Å². The second-order valence-electron chi connectivity index (χ2n) is 4.98. The summed E-state index contributed by atoms with van der Waals surface area (Å²) in [7, 11) is 0. The second-order valence-corrected chi connectivity index (χ2v) is 6.42. The smallest absolute Gasteiger partial charge is 0.266 e. The Bertz CT molecular complexity index is 1070. The molecule has 3 N–H and O–H groups in total. The van der Waals surface area contributed by atoms with Crippen LogP contribution in [0.3, 0.4) is 0 Å². The van der Waals surface area contributed by atoms with E-state index < -0.39 is 0 Å². The third-order valence-corrected chi connectivity index (χ3v) is 4.68. The van der Waals surface area contributed by atoms with Gasteiger partial charge in [0.2, 0.25) is 0 Å². The number of rotatable bonds is 2. The van der Waals surface area contributed by atoms with Gasteiger partial charge in [0.05, 0.1) is 16.6 Å². The minimum absolute atomic E-state index is 0.0779. The average Bonchev–Trinajstić information content (AvgIpc) is 2.93. The molecule has 0 amide bonds. The van der Waals surface area contributed by atoms with Crippen molar-refractivity contribution in [2.24, 2.45) is 0 Å². The van der Waals surface area contributed by atoms with Crippen LogP contribution in [-0.2, 0) is 0 Å². The van der Waals surface area contributed by atoms with Crippen LogP contribution < -0.4 is 5.56 Å². The zero-order chi connectivity index (χ0) is 16.0. The molecule has 0 atom stereocenters. The van der Waals surface area contributed by atoms with Crippen molar-refractivity contribution in [2.45, 2.75) is 10.1 Å². The molecule has 0 fully saturated rings. The first-order valence-corrected chi connectivity index (χ1v) is 7.98. The molecule has 0 aliphatic rings. The quantitative estimate of drug-likeness (QED) is 0.515. The zero-order valence-electron chi connectivity index (χ0n) is 11.6. The highest BCUT2D eigenvalue weighted by Crippen LogP contribution is 2.35. The molecule has 0 unspecified atom stereocenters. The number of H-pyrrole nitrogens is 2. The molecule has 0 saturated carbocycles. The number of nitrogens with zero attached hydrogens (tertiary/aromatic N) is 1. The molecule has 0 aliphatic heterocycles. The Morgan fingerprint density at radius 3 is 2.74 bits per heavy atom. The van der Waals surface area contributed by atoms with E-state index in [4.69, 9.17) is 11.6 Å². The van der Waals surface area contributed by atoms with Crippen LogP contribution in [0.2, 0.25) is 5.02 Å². The highest BCUT2D eigenvalue weighted by molar-refractivity contribution is 7.99. The van der Waals surface area contributed by atoms with E-state index in [0.29, 0.717) is 21.1 Å². The number of hydrogen-bond acceptors (Lipinski definition) is 4.